The Morgan fingerprint density at radius 3 is 1.55 bits per heavy atom. The minimum Gasteiger partial charge on any atom is -0.477 e. The predicted octanol–water partition coefficient (Wildman–Crippen LogP) is 10.6. The molecule has 0 radical (unpaired) electrons. The Morgan fingerprint density at radius 1 is 0.585 bits per heavy atom. The number of allylic oxidation sites excluding steroid dienone is 14. The van der Waals surface area contributed by atoms with Gasteiger partial charge in [0.2, 0.25) is 0 Å². The van der Waals surface area contributed by atoms with Crippen molar-refractivity contribution in [2.75, 3.05) is 41.0 Å². The molecule has 0 aliphatic carbocycles. The van der Waals surface area contributed by atoms with Crippen molar-refractivity contribution in [3.8, 4) is 0 Å². The van der Waals surface area contributed by atoms with Gasteiger partial charge in [-0.2, -0.15) is 0 Å². The van der Waals surface area contributed by atoms with Crippen LogP contribution >= 0.6 is 0 Å². The zero-order valence-electron chi connectivity index (χ0n) is 33.9. The van der Waals surface area contributed by atoms with Crippen LogP contribution in [0.3, 0.4) is 0 Å². The van der Waals surface area contributed by atoms with Crippen molar-refractivity contribution in [1.29, 1.82) is 0 Å². The molecule has 2 atom stereocenters. The molecule has 0 heterocycles. The molecule has 0 aromatic carbocycles. The lowest BCUT2D eigenvalue weighted by Gasteiger charge is -2.31. The van der Waals surface area contributed by atoms with Gasteiger partial charge in [-0.25, -0.2) is 4.79 Å². The van der Waals surface area contributed by atoms with E-state index in [1.807, 2.05) is 21.1 Å². The summed E-state index contributed by atoms with van der Waals surface area (Å²) in [6.07, 6.45) is 45.0. The Hall–Kier alpha value is -3.49. The monoisotopic (exact) mass is 741 g/mol. The molecule has 0 fully saturated rings. The molecule has 0 aromatic rings. The summed E-state index contributed by atoms with van der Waals surface area (Å²) in [6, 6.07) is -0.633. The number of carboxylic acids is 1. The summed E-state index contributed by atoms with van der Waals surface area (Å²) in [6.45, 7) is 4.45. The third kappa shape index (κ3) is 34.1. The van der Waals surface area contributed by atoms with Gasteiger partial charge in [-0.15, -0.1) is 0 Å². The number of carboxylic acid groups (broad SMARTS) is 1. The van der Waals surface area contributed by atoms with Gasteiger partial charge in [-0.1, -0.05) is 112 Å². The van der Waals surface area contributed by atoms with Crippen molar-refractivity contribution in [3.05, 3.63) is 85.1 Å². The second kappa shape index (κ2) is 35.5. The molecule has 0 saturated carbocycles. The fourth-order valence-corrected chi connectivity index (χ4v) is 5.15. The number of hydrogen-bond acceptors (Lipinski definition) is 6. The first-order chi connectivity index (χ1) is 25.6. The van der Waals surface area contributed by atoms with Gasteiger partial charge >= 0.3 is 17.9 Å². The van der Waals surface area contributed by atoms with E-state index in [9.17, 15) is 19.5 Å². The molecule has 1 N–H and O–H groups in total. The summed E-state index contributed by atoms with van der Waals surface area (Å²) in [5, 5.41) is 9.59. The number of esters is 2. The van der Waals surface area contributed by atoms with E-state index in [0.717, 1.165) is 57.8 Å². The molecule has 0 aliphatic rings. The van der Waals surface area contributed by atoms with Gasteiger partial charge in [0.15, 0.2) is 12.1 Å². The van der Waals surface area contributed by atoms with E-state index in [1.165, 1.54) is 25.7 Å². The maximum Gasteiger partial charge on any atom is 0.362 e. The summed E-state index contributed by atoms with van der Waals surface area (Å²) >= 11 is 0. The van der Waals surface area contributed by atoms with Crippen LogP contribution in [0, 0.1) is 0 Å². The Kier molecular flexibility index (Phi) is 33.2. The van der Waals surface area contributed by atoms with E-state index in [0.29, 0.717) is 19.3 Å². The molecule has 0 spiro atoms. The number of carbonyl (C=O) groups excluding carboxylic acids is 2. The van der Waals surface area contributed by atoms with Gasteiger partial charge in [0.25, 0.3) is 0 Å². The van der Waals surface area contributed by atoms with E-state index in [4.69, 9.17) is 14.2 Å². The number of likely N-dealkylation sites (N-methyl/N-ethyl adjacent to an activating group) is 1. The number of aliphatic carboxylic acids is 1. The number of nitrogens with zero attached hydrogens (tertiary/aromatic N) is 1. The van der Waals surface area contributed by atoms with Crippen LogP contribution in [0.4, 0.5) is 0 Å². The zero-order chi connectivity index (χ0) is 39.3. The molecule has 53 heavy (non-hydrogen) atoms. The number of ether oxygens (including phenoxy) is 3. The molecule has 2 unspecified atom stereocenters. The van der Waals surface area contributed by atoms with Gasteiger partial charge in [-0.3, -0.25) is 9.59 Å². The fraction of sp³-hybridized carbons (Fsp3) is 0.622. The summed E-state index contributed by atoms with van der Waals surface area (Å²) in [5.74, 6) is -1.61. The summed E-state index contributed by atoms with van der Waals surface area (Å²) in [4.78, 5) is 36.8. The van der Waals surface area contributed by atoms with Gasteiger partial charge in [0.05, 0.1) is 34.4 Å². The third-order valence-corrected chi connectivity index (χ3v) is 8.28. The lowest BCUT2D eigenvalue weighted by Crippen LogP contribution is -2.50. The van der Waals surface area contributed by atoms with Crippen molar-refractivity contribution in [3.63, 3.8) is 0 Å². The van der Waals surface area contributed by atoms with Crippen molar-refractivity contribution < 1.29 is 38.2 Å². The van der Waals surface area contributed by atoms with Crippen LogP contribution in [0.15, 0.2) is 85.1 Å². The highest BCUT2D eigenvalue weighted by molar-refractivity contribution is 5.72. The van der Waals surface area contributed by atoms with Crippen LogP contribution in [-0.4, -0.2) is 80.6 Å². The smallest absolute Gasteiger partial charge is 0.362 e. The van der Waals surface area contributed by atoms with Crippen LogP contribution < -0.4 is 0 Å². The zero-order valence-corrected chi connectivity index (χ0v) is 33.9. The van der Waals surface area contributed by atoms with Gasteiger partial charge in [0, 0.05) is 19.3 Å². The standard InChI is InChI=1S/C45H73NO7/c1-6-8-10-12-14-16-18-20-21-22-23-24-26-28-30-32-34-36-44(48)53-41(39-51-38-37-42(45(49)50)46(3,4)5)40-52-43(47)35-33-31-29-27-25-19-17-15-13-11-9-7-2/h9,11,14-17,20-21,23-25,27-28,30,41-42H,6-8,10,12-13,18-19,22,26,29,31-40H2,1-5H3/p+1/b11-9+,16-14+,17-15+,21-20+,24-23+,27-25+,30-28+. The average Bonchev–Trinajstić information content (AvgIpc) is 3.11. The predicted molar refractivity (Wildman–Crippen MR) is 220 cm³/mol. The molecule has 0 aromatic heterocycles. The molecular weight excluding hydrogens is 666 g/mol. The maximum atomic E-state index is 12.7. The Balaban J connectivity index is 4.57. The van der Waals surface area contributed by atoms with E-state index < -0.39 is 18.1 Å². The van der Waals surface area contributed by atoms with Crippen molar-refractivity contribution in [2.45, 2.75) is 142 Å². The highest BCUT2D eigenvalue weighted by atomic mass is 16.6. The molecule has 0 saturated heterocycles. The molecule has 0 amide bonds. The molecule has 0 bridgehead atoms. The first-order valence-corrected chi connectivity index (χ1v) is 20.1. The number of rotatable bonds is 34. The maximum absolute atomic E-state index is 12.7. The topological polar surface area (TPSA) is 99.1 Å². The minimum absolute atomic E-state index is 0.0216. The largest absolute Gasteiger partial charge is 0.477 e. The van der Waals surface area contributed by atoms with Crippen LogP contribution in [-0.2, 0) is 28.6 Å². The average molecular weight is 741 g/mol. The van der Waals surface area contributed by atoms with E-state index in [-0.39, 0.29) is 49.1 Å². The lowest BCUT2D eigenvalue weighted by atomic mass is 10.1. The van der Waals surface area contributed by atoms with Crippen molar-refractivity contribution in [1.82, 2.24) is 0 Å². The molecule has 8 heteroatoms. The van der Waals surface area contributed by atoms with Crippen LogP contribution in [0.5, 0.6) is 0 Å². The Bertz CT molecular complexity index is 1140. The summed E-state index contributed by atoms with van der Waals surface area (Å²) < 4.78 is 17.1. The third-order valence-electron chi connectivity index (χ3n) is 8.28. The molecular formula is C45H74NO7+. The van der Waals surface area contributed by atoms with Gasteiger partial charge in [0.1, 0.15) is 6.61 Å². The van der Waals surface area contributed by atoms with Gasteiger partial charge in [-0.05, 0) is 83.5 Å². The molecule has 0 aliphatic heterocycles. The van der Waals surface area contributed by atoms with Crippen LogP contribution in [0.2, 0.25) is 0 Å². The van der Waals surface area contributed by atoms with E-state index in [1.54, 1.807) is 0 Å². The minimum atomic E-state index is -0.894. The van der Waals surface area contributed by atoms with Crippen molar-refractivity contribution in [2.24, 2.45) is 0 Å². The van der Waals surface area contributed by atoms with Crippen LogP contribution in [0.25, 0.3) is 0 Å². The number of quaternary nitrogens is 1. The van der Waals surface area contributed by atoms with Crippen molar-refractivity contribution >= 4 is 17.9 Å². The lowest BCUT2D eigenvalue weighted by molar-refractivity contribution is -0.887. The summed E-state index contributed by atoms with van der Waals surface area (Å²) in [7, 11) is 5.48. The Labute approximate surface area is 323 Å². The highest BCUT2D eigenvalue weighted by Crippen LogP contribution is 2.11. The summed E-state index contributed by atoms with van der Waals surface area (Å²) in [5.41, 5.74) is 0. The van der Waals surface area contributed by atoms with Crippen LogP contribution in [0.1, 0.15) is 129 Å². The second-order valence-corrected chi connectivity index (χ2v) is 14.1. The first-order valence-electron chi connectivity index (χ1n) is 20.1. The van der Waals surface area contributed by atoms with E-state index >= 15 is 0 Å². The molecule has 0 rings (SSSR count). The molecule has 8 nitrogen and oxygen atoms in total. The number of carbonyl (C=O) groups is 3. The normalized spacial score (nSPS) is 13.9. The molecule has 300 valence electrons. The second-order valence-electron chi connectivity index (χ2n) is 14.1. The number of hydrogen-bond donors (Lipinski definition) is 1. The quantitative estimate of drug-likeness (QED) is 0.0303. The highest BCUT2D eigenvalue weighted by Gasteiger charge is 2.31. The SMILES string of the molecule is CC/C=C/C/C=C/C/C=C/CCCCC(=O)OCC(COCCC(C(=O)O)[N+](C)(C)C)OC(=O)CCC/C=C/C/C=C/C/C=C/C/C=C/CCCCC. The number of unbranched alkanes of at least 4 members (excludes halogenated alkanes) is 6. The fourth-order valence-electron chi connectivity index (χ4n) is 5.15. The van der Waals surface area contributed by atoms with Gasteiger partial charge < -0.3 is 23.8 Å². The first kappa shape index (κ1) is 49.5. The Morgan fingerprint density at radius 2 is 1.06 bits per heavy atom. The van der Waals surface area contributed by atoms with E-state index in [2.05, 4.69) is 98.9 Å².